The average Bonchev–Trinajstić information content (AvgIpc) is 3.07. The summed E-state index contributed by atoms with van der Waals surface area (Å²) in [6.45, 7) is 1.43. The lowest BCUT2D eigenvalue weighted by atomic mass is 9.94. The summed E-state index contributed by atoms with van der Waals surface area (Å²) in [6, 6.07) is 0.435. The molecule has 1 spiro atoms. The molecular formula is C20H37IN4O3. The Labute approximate surface area is 186 Å². The highest BCUT2D eigenvalue weighted by molar-refractivity contribution is 14.0. The molecule has 162 valence electrons. The van der Waals surface area contributed by atoms with Gasteiger partial charge in [-0.2, -0.15) is 0 Å². The number of aliphatic imine (C=N–C) groups is 1. The van der Waals surface area contributed by atoms with Crippen molar-refractivity contribution in [2.24, 2.45) is 4.99 Å². The molecule has 0 aromatic heterocycles. The van der Waals surface area contributed by atoms with Gasteiger partial charge < -0.3 is 25.0 Å². The molecule has 8 heteroatoms. The van der Waals surface area contributed by atoms with Gasteiger partial charge in [-0.25, -0.2) is 4.99 Å². The van der Waals surface area contributed by atoms with Crippen molar-refractivity contribution in [3.05, 3.63) is 0 Å². The van der Waals surface area contributed by atoms with Crippen LogP contribution in [-0.4, -0.2) is 68.5 Å². The monoisotopic (exact) mass is 508 g/mol. The topological polar surface area (TPSA) is 75.2 Å². The molecule has 2 aliphatic carbocycles. The van der Waals surface area contributed by atoms with Crippen LogP contribution < -0.4 is 10.6 Å². The summed E-state index contributed by atoms with van der Waals surface area (Å²) >= 11 is 0. The van der Waals surface area contributed by atoms with E-state index in [1.165, 1.54) is 38.5 Å². The van der Waals surface area contributed by atoms with E-state index in [2.05, 4.69) is 15.6 Å². The van der Waals surface area contributed by atoms with Crippen molar-refractivity contribution in [3.8, 4) is 0 Å². The first-order valence-electron chi connectivity index (χ1n) is 10.6. The summed E-state index contributed by atoms with van der Waals surface area (Å²) in [4.78, 5) is 18.0. The number of likely N-dealkylation sites (N-methyl/N-ethyl adjacent to an activating group) is 1. The van der Waals surface area contributed by atoms with E-state index in [1.54, 1.807) is 19.0 Å². The van der Waals surface area contributed by atoms with Crippen molar-refractivity contribution < 1.29 is 14.3 Å². The number of rotatable bonds is 5. The lowest BCUT2D eigenvalue weighted by Crippen LogP contribution is -2.47. The van der Waals surface area contributed by atoms with Gasteiger partial charge in [0.05, 0.1) is 6.61 Å². The third kappa shape index (κ3) is 7.02. The van der Waals surface area contributed by atoms with Crippen LogP contribution in [0.15, 0.2) is 4.99 Å². The van der Waals surface area contributed by atoms with E-state index in [0.29, 0.717) is 25.2 Å². The molecule has 3 aliphatic rings. The van der Waals surface area contributed by atoms with E-state index in [4.69, 9.17) is 9.47 Å². The first kappa shape index (κ1) is 23.7. The number of nitrogens with one attached hydrogen (secondary N) is 2. The Balaban J connectivity index is 0.00000280. The minimum atomic E-state index is -0.348. The second kappa shape index (κ2) is 11.5. The molecule has 1 atom stereocenters. The van der Waals surface area contributed by atoms with Gasteiger partial charge in [-0.1, -0.05) is 25.7 Å². The van der Waals surface area contributed by atoms with Gasteiger partial charge in [0.2, 0.25) is 5.91 Å². The van der Waals surface area contributed by atoms with Gasteiger partial charge in [0.25, 0.3) is 0 Å². The number of guanidine groups is 1. The van der Waals surface area contributed by atoms with Crippen molar-refractivity contribution in [3.63, 3.8) is 0 Å². The highest BCUT2D eigenvalue weighted by atomic mass is 127. The zero-order valence-electron chi connectivity index (χ0n) is 17.4. The van der Waals surface area contributed by atoms with E-state index >= 15 is 0 Å². The molecule has 3 fully saturated rings. The van der Waals surface area contributed by atoms with Gasteiger partial charge in [0, 0.05) is 39.5 Å². The number of carbonyl (C=O) groups excluding carboxylic acids is 1. The van der Waals surface area contributed by atoms with Crippen LogP contribution in [0.3, 0.4) is 0 Å². The highest BCUT2D eigenvalue weighted by Gasteiger charge is 2.42. The SMILES string of the molecule is CN(C)C(=O)CN=C(NCC1COC2(CCCCC2)O1)NC1CCCCC1.I. The number of amides is 1. The van der Waals surface area contributed by atoms with E-state index in [9.17, 15) is 4.79 Å². The molecule has 2 saturated carbocycles. The molecule has 0 radical (unpaired) electrons. The lowest BCUT2D eigenvalue weighted by Gasteiger charge is -2.31. The summed E-state index contributed by atoms with van der Waals surface area (Å²) in [5.74, 6) is 0.367. The summed E-state index contributed by atoms with van der Waals surface area (Å²) in [5, 5.41) is 6.91. The van der Waals surface area contributed by atoms with E-state index in [0.717, 1.165) is 25.7 Å². The van der Waals surface area contributed by atoms with Crippen LogP contribution in [-0.2, 0) is 14.3 Å². The second-order valence-electron chi connectivity index (χ2n) is 8.34. The maximum atomic E-state index is 11.9. The molecule has 1 unspecified atom stereocenters. The van der Waals surface area contributed by atoms with E-state index < -0.39 is 0 Å². The predicted molar refractivity (Wildman–Crippen MR) is 121 cm³/mol. The molecule has 7 nitrogen and oxygen atoms in total. The molecule has 3 rings (SSSR count). The Hall–Kier alpha value is -0.610. The van der Waals surface area contributed by atoms with Crippen LogP contribution in [0.2, 0.25) is 0 Å². The summed E-state index contributed by atoms with van der Waals surface area (Å²) in [6.07, 6.45) is 11.8. The average molecular weight is 508 g/mol. The Morgan fingerprint density at radius 3 is 2.46 bits per heavy atom. The molecule has 1 amide bonds. The normalized spacial score (nSPS) is 25.2. The van der Waals surface area contributed by atoms with E-state index in [-0.39, 0.29) is 48.3 Å². The van der Waals surface area contributed by atoms with Crippen LogP contribution in [0, 0.1) is 0 Å². The molecule has 0 bridgehead atoms. The first-order chi connectivity index (χ1) is 13.1. The number of hydrogen-bond acceptors (Lipinski definition) is 4. The number of ether oxygens (including phenoxy) is 2. The molecule has 0 aromatic rings. The van der Waals surface area contributed by atoms with Gasteiger partial charge in [-0.15, -0.1) is 24.0 Å². The quantitative estimate of drug-likeness (QED) is 0.340. The fraction of sp³-hybridized carbons (Fsp3) is 0.900. The standard InChI is InChI=1S/C20H36N4O3.HI/c1-24(2)18(25)14-22-19(23-16-9-5-3-6-10-16)21-13-17-15-26-20(27-17)11-7-4-8-12-20;/h16-17H,3-15H2,1-2H3,(H2,21,22,23);1H. The molecule has 0 aromatic carbocycles. The summed E-state index contributed by atoms with van der Waals surface area (Å²) in [5.41, 5.74) is 0. The van der Waals surface area contributed by atoms with Crippen LogP contribution in [0.5, 0.6) is 0 Å². The van der Waals surface area contributed by atoms with Gasteiger partial charge in [0.1, 0.15) is 12.6 Å². The smallest absolute Gasteiger partial charge is 0.243 e. The van der Waals surface area contributed by atoms with E-state index in [1.807, 2.05) is 0 Å². The predicted octanol–water partition coefficient (Wildman–Crippen LogP) is 2.64. The molecule has 1 saturated heterocycles. The maximum Gasteiger partial charge on any atom is 0.243 e. The summed E-state index contributed by atoms with van der Waals surface area (Å²) < 4.78 is 12.3. The Morgan fingerprint density at radius 1 is 1.11 bits per heavy atom. The molecule has 1 aliphatic heterocycles. The van der Waals surface area contributed by atoms with Gasteiger partial charge >= 0.3 is 0 Å². The van der Waals surface area contributed by atoms with Crippen molar-refractivity contribution in [1.82, 2.24) is 15.5 Å². The molecule has 28 heavy (non-hydrogen) atoms. The van der Waals surface area contributed by atoms with Crippen LogP contribution in [0.25, 0.3) is 0 Å². The molecule has 1 heterocycles. The molecule has 2 N–H and O–H groups in total. The van der Waals surface area contributed by atoms with Crippen molar-refractivity contribution >= 4 is 35.8 Å². The van der Waals surface area contributed by atoms with Crippen LogP contribution >= 0.6 is 24.0 Å². The van der Waals surface area contributed by atoms with Gasteiger partial charge in [-0.3, -0.25) is 4.79 Å². The van der Waals surface area contributed by atoms with Crippen LogP contribution in [0.4, 0.5) is 0 Å². The fourth-order valence-electron chi connectivity index (χ4n) is 4.16. The fourth-order valence-corrected chi connectivity index (χ4v) is 4.16. The Bertz CT molecular complexity index is 518. The lowest BCUT2D eigenvalue weighted by molar-refractivity contribution is -0.186. The third-order valence-corrected chi connectivity index (χ3v) is 5.84. The Kier molecular flexibility index (Phi) is 9.76. The van der Waals surface area contributed by atoms with Crippen molar-refractivity contribution in [2.75, 3.05) is 33.8 Å². The minimum Gasteiger partial charge on any atom is -0.354 e. The largest absolute Gasteiger partial charge is 0.354 e. The first-order valence-corrected chi connectivity index (χ1v) is 10.6. The number of halogens is 1. The second-order valence-corrected chi connectivity index (χ2v) is 8.34. The number of nitrogens with zero attached hydrogens (tertiary/aromatic N) is 2. The summed E-state index contributed by atoms with van der Waals surface area (Å²) in [7, 11) is 3.51. The minimum absolute atomic E-state index is 0. The van der Waals surface area contributed by atoms with Crippen molar-refractivity contribution in [1.29, 1.82) is 0 Å². The zero-order valence-corrected chi connectivity index (χ0v) is 19.7. The highest BCUT2D eigenvalue weighted by Crippen LogP contribution is 2.37. The maximum absolute atomic E-state index is 11.9. The van der Waals surface area contributed by atoms with Gasteiger partial charge in [0.15, 0.2) is 11.7 Å². The van der Waals surface area contributed by atoms with Crippen LogP contribution in [0.1, 0.15) is 64.2 Å². The Morgan fingerprint density at radius 2 is 1.79 bits per heavy atom. The van der Waals surface area contributed by atoms with Gasteiger partial charge in [-0.05, 0) is 25.7 Å². The number of hydrogen-bond donors (Lipinski definition) is 2. The number of carbonyl (C=O) groups is 1. The molecular weight excluding hydrogens is 471 g/mol. The third-order valence-electron chi connectivity index (χ3n) is 5.84. The van der Waals surface area contributed by atoms with Crippen molar-refractivity contribution in [2.45, 2.75) is 82.1 Å². The zero-order chi connectivity index (χ0) is 19.1.